The van der Waals surface area contributed by atoms with E-state index in [0.29, 0.717) is 24.1 Å². The number of methoxy groups -OCH3 is 2. The van der Waals surface area contributed by atoms with Crippen molar-refractivity contribution < 1.29 is 14.6 Å². The van der Waals surface area contributed by atoms with E-state index in [2.05, 4.69) is 29.6 Å². The molecule has 1 aliphatic carbocycles. The monoisotopic (exact) mass is 335 g/mol. The third-order valence-electron chi connectivity index (χ3n) is 4.19. The lowest BCUT2D eigenvalue weighted by atomic mass is 10.1. The molecule has 0 spiro atoms. The van der Waals surface area contributed by atoms with E-state index in [1.807, 2.05) is 12.1 Å². The molecule has 124 valence electrons. The van der Waals surface area contributed by atoms with Gasteiger partial charge in [0.2, 0.25) is 5.75 Å². The van der Waals surface area contributed by atoms with E-state index < -0.39 is 0 Å². The van der Waals surface area contributed by atoms with Gasteiger partial charge in [-0.3, -0.25) is 0 Å². The van der Waals surface area contributed by atoms with E-state index in [-0.39, 0.29) is 18.2 Å². The minimum absolute atomic E-state index is 0. The van der Waals surface area contributed by atoms with Crippen LogP contribution in [0.4, 0.5) is 0 Å². The summed E-state index contributed by atoms with van der Waals surface area (Å²) < 4.78 is 10.4. The number of hydrogen-bond acceptors (Lipinski definition) is 4. The molecule has 0 heterocycles. The molecule has 0 radical (unpaired) electrons. The quantitative estimate of drug-likeness (QED) is 0.881. The zero-order chi connectivity index (χ0) is 15.5. The molecule has 0 saturated carbocycles. The molecular weight excluding hydrogens is 314 g/mol. The minimum atomic E-state index is 0. The molecule has 0 bridgehead atoms. The van der Waals surface area contributed by atoms with Crippen LogP contribution in [0.2, 0.25) is 0 Å². The Morgan fingerprint density at radius 3 is 2.04 bits per heavy atom. The van der Waals surface area contributed by atoms with Crippen molar-refractivity contribution in [3.8, 4) is 17.2 Å². The van der Waals surface area contributed by atoms with Crippen LogP contribution in [0.25, 0.3) is 0 Å². The molecular formula is C18H22ClNO3. The highest BCUT2D eigenvalue weighted by Crippen LogP contribution is 2.37. The number of fused-ring (bicyclic) bond motifs is 1. The maximum absolute atomic E-state index is 9.94. The van der Waals surface area contributed by atoms with E-state index in [1.165, 1.54) is 11.1 Å². The topological polar surface area (TPSA) is 50.7 Å². The van der Waals surface area contributed by atoms with Gasteiger partial charge in [0.1, 0.15) is 0 Å². The van der Waals surface area contributed by atoms with E-state index >= 15 is 0 Å². The van der Waals surface area contributed by atoms with Crippen LogP contribution in [-0.2, 0) is 19.4 Å². The SMILES string of the molecule is COc1cc(CNC2Cc3ccccc3C2)cc(OC)c1O.Cl. The third-order valence-corrected chi connectivity index (χ3v) is 4.19. The Balaban J connectivity index is 0.00000192. The fraction of sp³-hybridized carbons (Fsp3) is 0.333. The number of rotatable bonds is 5. The first-order valence-electron chi connectivity index (χ1n) is 7.45. The molecule has 0 aromatic heterocycles. The number of benzene rings is 2. The molecule has 2 N–H and O–H groups in total. The standard InChI is InChI=1S/C18H21NO3.ClH/c1-21-16-7-12(8-17(22-2)18(16)20)11-19-15-9-13-5-3-4-6-14(13)10-15;/h3-8,15,19-20H,9-11H2,1-2H3;1H. The Bertz CT molecular complexity index is 625. The second-order valence-electron chi connectivity index (χ2n) is 5.60. The fourth-order valence-electron chi connectivity index (χ4n) is 3.02. The van der Waals surface area contributed by atoms with Gasteiger partial charge in [0.25, 0.3) is 0 Å². The zero-order valence-electron chi connectivity index (χ0n) is 13.3. The molecule has 2 aromatic carbocycles. The molecule has 4 nitrogen and oxygen atoms in total. The largest absolute Gasteiger partial charge is 0.502 e. The predicted molar refractivity (Wildman–Crippen MR) is 92.9 cm³/mol. The fourth-order valence-corrected chi connectivity index (χ4v) is 3.02. The average Bonchev–Trinajstić information content (AvgIpc) is 2.96. The maximum atomic E-state index is 9.94. The maximum Gasteiger partial charge on any atom is 0.200 e. The van der Waals surface area contributed by atoms with Gasteiger partial charge in [-0.1, -0.05) is 24.3 Å². The Kier molecular flexibility index (Phi) is 5.74. The lowest BCUT2D eigenvalue weighted by Gasteiger charge is -2.14. The second kappa shape index (κ2) is 7.57. The average molecular weight is 336 g/mol. The van der Waals surface area contributed by atoms with Crippen LogP contribution in [0.15, 0.2) is 36.4 Å². The van der Waals surface area contributed by atoms with Crippen molar-refractivity contribution in [2.45, 2.75) is 25.4 Å². The van der Waals surface area contributed by atoms with Crippen LogP contribution in [0.5, 0.6) is 17.2 Å². The van der Waals surface area contributed by atoms with E-state index in [1.54, 1.807) is 14.2 Å². The van der Waals surface area contributed by atoms with Crippen LogP contribution in [0.1, 0.15) is 16.7 Å². The molecule has 0 unspecified atom stereocenters. The number of ether oxygens (including phenoxy) is 2. The summed E-state index contributed by atoms with van der Waals surface area (Å²) in [7, 11) is 3.08. The summed E-state index contributed by atoms with van der Waals surface area (Å²) >= 11 is 0. The molecule has 0 aliphatic heterocycles. The van der Waals surface area contributed by atoms with Crippen LogP contribution < -0.4 is 14.8 Å². The first-order chi connectivity index (χ1) is 10.7. The minimum Gasteiger partial charge on any atom is -0.502 e. The van der Waals surface area contributed by atoms with Gasteiger partial charge in [-0.25, -0.2) is 0 Å². The van der Waals surface area contributed by atoms with Crippen molar-refractivity contribution in [3.63, 3.8) is 0 Å². The summed E-state index contributed by atoms with van der Waals surface area (Å²) in [4.78, 5) is 0. The first kappa shape index (κ1) is 17.4. The zero-order valence-corrected chi connectivity index (χ0v) is 14.2. The molecule has 23 heavy (non-hydrogen) atoms. The Hall–Kier alpha value is -1.91. The van der Waals surface area contributed by atoms with Gasteiger partial charge in [0, 0.05) is 12.6 Å². The van der Waals surface area contributed by atoms with E-state index in [0.717, 1.165) is 18.4 Å². The number of nitrogens with one attached hydrogen (secondary N) is 1. The number of hydrogen-bond donors (Lipinski definition) is 2. The summed E-state index contributed by atoms with van der Waals surface area (Å²) in [5.74, 6) is 0.915. The first-order valence-corrected chi connectivity index (χ1v) is 7.45. The highest BCUT2D eigenvalue weighted by Gasteiger charge is 2.20. The predicted octanol–water partition coefficient (Wildman–Crippen LogP) is 3.09. The molecule has 3 rings (SSSR count). The van der Waals surface area contributed by atoms with Crippen LogP contribution in [0, 0.1) is 0 Å². The molecule has 0 amide bonds. The smallest absolute Gasteiger partial charge is 0.200 e. The van der Waals surface area contributed by atoms with E-state index in [9.17, 15) is 5.11 Å². The number of phenolic OH excluding ortho intramolecular Hbond substituents is 1. The van der Waals surface area contributed by atoms with Crippen molar-refractivity contribution in [1.82, 2.24) is 5.32 Å². The van der Waals surface area contributed by atoms with Gasteiger partial charge < -0.3 is 19.9 Å². The van der Waals surface area contributed by atoms with Gasteiger partial charge in [-0.15, -0.1) is 12.4 Å². The molecule has 2 aromatic rings. The van der Waals surface area contributed by atoms with Crippen molar-refractivity contribution in [2.75, 3.05) is 14.2 Å². The van der Waals surface area contributed by atoms with Gasteiger partial charge >= 0.3 is 0 Å². The third kappa shape index (κ3) is 3.71. The van der Waals surface area contributed by atoms with Crippen LogP contribution in [0.3, 0.4) is 0 Å². The molecule has 0 atom stereocenters. The lowest BCUT2D eigenvalue weighted by Crippen LogP contribution is -2.28. The van der Waals surface area contributed by atoms with Crippen LogP contribution >= 0.6 is 12.4 Å². The normalized spacial score (nSPS) is 13.3. The summed E-state index contributed by atoms with van der Waals surface area (Å²) in [5.41, 5.74) is 3.89. The Morgan fingerprint density at radius 2 is 1.57 bits per heavy atom. The second-order valence-corrected chi connectivity index (χ2v) is 5.60. The summed E-state index contributed by atoms with van der Waals surface area (Å²) in [6.07, 6.45) is 2.12. The molecule has 5 heteroatoms. The van der Waals surface area contributed by atoms with E-state index in [4.69, 9.17) is 9.47 Å². The van der Waals surface area contributed by atoms with Crippen molar-refractivity contribution >= 4 is 12.4 Å². The van der Waals surface area contributed by atoms with Gasteiger partial charge in [-0.05, 0) is 41.7 Å². The number of phenols is 1. The number of aromatic hydroxyl groups is 1. The summed E-state index contributed by atoms with van der Waals surface area (Å²) in [6, 6.07) is 12.7. The number of halogens is 1. The van der Waals surface area contributed by atoms with Gasteiger partial charge in [0.15, 0.2) is 11.5 Å². The van der Waals surface area contributed by atoms with Gasteiger partial charge in [-0.2, -0.15) is 0 Å². The van der Waals surface area contributed by atoms with Gasteiger partial charge in [0.05, 0.1) is 14.2 Å². The molecule has 0 saturated heterocycles. The highest BCUT2D eigenvalue weighted by atomic mass is 35.5. The van der Waals surface area contributed by atoms with Crippen LogP contribution in [-0.4, -0.2) is 25.4 Å². The Labute approximate surface area is 142 Å². The summed E-state index contributed by atoms with van der Waals surface area (Å²) in [6.45, 7) is 0.714. The van der Waals surface area contributed by atoms with Crippen molar-refractivity contribution in [2.24, 2.45) is 0 Å². The lowest BCUT2D eigenvalue weighted by molar-refractivity contribution is 0.338. The molecule has 0 fully saturated rings. The van der Waals surface area contributed by atoms with Crippen molar-refractivity contribution in [1.29, 1.82) is 0 Å². The summed E-state index contributed by atoms with van der Waals surface area (Å²) in [5, 5.41) is 13.5. The Morgan fingerprint density at radius 1 is 1.04 bits per heavy atom. The highest BCUT2D eigenvalue weighted by molar-refractivity contribution is 5.85. The van der Waals surface area contributed by atoms with Crippen molar-refractivity contribution in [3.05, 3.63) is 53.1 Å². The molecule has 1 aliphatic rings.